The monoisotopic (exact) mass is 482 g/mol. The number of anilines is 2. The predicted molar refractivity (Wildman–Crippen MR) is 134 cm³/mol. The van der Waals surface area contributed by atoms with Crippen molar-refractivity contribution in [3.05, 3.63) is 64.2 Å². The lowest BCUT2D eigenvalue weighted by Crippen LogP contribution is -2.54. The molecule has 9 nitrogen and oxygen atoms in total. The van der Waals surface area contributed by atoms with E-state index >= 15 is 0 Å². The van der Waals surface area contributed by atoms with Crippen LogP contribution >= 0.6 is 11.6 Å². The number of hydrogen-bond acceptors (Lipinski definition) is 8. The highest BCUT2D eigenvalue weighted by molar-refractivity contribution is 6.33. The van der Waals surface area contributed by atoms with E-state index in [0.29, 0.717) is 48.1 Å². The lowest BCUT2D eigenvalue weighted by Gasteiger charge is -2.29. The Kier molecular flexibility index (Phi) is 7.28. The Morgan fingerprint density at radius 2 is 2.12 bits per heavy atom. The molecular formula is C24H27ClN6O3. The van der Waals surface area contributed by atoms with Gasteiger partial charge in [-0.2, -0.15) is 0 Å². The van der Waals surface area contributed by atoms with Crippen LogP contribution in [0.4, 0.5) is 11.4 Å². The third-order valence-electron chi connectivity index (χ3n) is 5.76. The molecule has 1 amide bonds. The molecule has 0 spiro atoms. The number of carbonyl (C=O) groups excluding carboxylic acids is 2. The van der Waals surface area contributed by atoms with Gasteiger partial charge in [-0.05, 0) is 41.8 Å². The van der Waals surface area contributed by atoms with Crippen molar-refractivity contribution < 1.29 is 14.3 Å². The number of ketones is 1. The molecule has 0 bridgehead atoms. The summed E-state index contributed by atoms with van der Waals surface area (Å²) in [6.07, 6.45) is 5.10. The molecule has 0 aliphatic carbocycles. The summed E-state index contributed by atoms with van der Waals surface area (Å²) in [5, 5.41) is 9.45. The zero-order valence-corrected chi connectivity index (χ0v) is 19.3. The minimum Gasteiger partial charge on any atom is -0.398 e. The van der Waals surface area contributed by atoms with Gasteiger partial charge in [0.05, 0.1) is 30.3 Å². The number of piperazine rings is 1. The summed E-state index contributed by atoms with van der Waals surface area (Å²) < 4.78 is 5.69. The molecular weight excluding hydrogens is 456 g/mol. The number of carbonyl (C=O) groups is 2. The number of aliphatic imine (C=N–C) groups is 1. The van der Waals surface area contributed by atoms with Gasteiger partial charge in [-0.3, -0.25) is 15.3 Å². The number of fused-ring (bicyclic) bond motifs is 1. The number of nitrogens with one attached hydrogen (secondary N) is 3. The number of amides is 1. The van der Waals surface area contributed by atoms with Crippen LogP contribution in [-0.4, -0.2) is 50.4 Å². The van der Waals surface area contributed by atoms with Crippen LogP contribution in [0, 0.1) is 0 Å². The molecule has 1 fully saturated rings. The fourth-order valence-electron chi connectivity index (χ4n) is 3.81. The molecule has 1 saturated heterocycles. The Morgan fingerprint density at radius 3 is 2.91 bits per heavy atom. The third-order valence-corrected chi connectivity index (χ3v) is 6.10. The molecule has 2 heterocycles. The Hall–Kier alpha value is -3.24. The molecule has 2 aromatic rings. The minimum atomic E-state index is -1.54. The Bertz CT molecular complexity index is 1150. The van der Waals surface area contributed by atoms with Gasteiger partial charge in [-0.25, -0.2) is 4.99 Å². The van der Waals surface area contributed by atoms with E-state index in [1.165, 1.54) is 12.4 Å². The number of nitrogens with zero attached hydrogens (tertiary/aromatic N) is 1. The Balaban J connectivity index is 1.39. The van der Waals surface area contributed by atoms with Gasteiger partial charge in [-0.15, -0.1) is 0 Å². The van der Waals surface area contributed by atoms with Crippen molar-refractivity contribution in [3.63, 3.8) is 0 Å². The van der Waals surface area contributed by atoms with Crippen LogP contribution in [-0.2, 0) is 26.4 Å². The molecule has 0 aromatic heterocycles. The van der Waals surface area contributed by atoms with Crippen molar-refractivity contribution in [1.82, 2.24) is 10.6 Å². The number of halogens is 1. The van der Waals surface area contributed by atoms with Crippen LogP contribution in [0.5, 0.6) is 0 Å². The van der Waals surface area contributed by atoms with E-state index < -0.39 is 5.66 Å². The maximum atomic E-state index is 13.0. The third kappa shape index (κ3) is 5.28. The topological polar surface area (TPSA) is 144 Å². The minimum absolute atomic E-state index is 0.0407. The highest BCUT2D eigenvalue weighted by Crippen LogP contribution is 2.32. The zero-order valence-electron chi connectivity index (χ0n) is 18.5. The molecule has 1 unspecified atom stereocenters. The van der Waals surface area contributed by atoms with Gasteiger partial charge in [0.25, 0.3) is 0 Å². The van der Waals surface area contributed by atoms with Gasteiger partial charge < -0.3 is 26.4 Å². The quantitative estimate of drug-likeness (QED) is 0.217. The van der Waals surface area contributed by atoms with Crippen LogP contribution in [0.3, 0.4) is 0 Å². The van der Waals surface area contributed by atoms with E-state index in [1.54, 1.807) is 30.3 Å². The van der Waals surface area contributed by atoms with E-state index in [9.17, 15) is 9.59 Å². The molecule has 178 valence electrons. The Labute approximate surface area is 202 Å². The first kappa shape index (κ1) is 23.9. The van der Waals surface area contributed by atoms with Crippen LogP contribution in [0.1, 0.15) is 16.7 Å². The summed E-state index contributed by atoms with van der Waals surface area (Å²) >= 11 is 5.95. The normalized spacial score (nSPS) is 21.7. The molecule has 2 aliphatic rings. The Morgan fingerprint density at radius 1 is 1.26 bits per heavy atom. The maximum Gasteiger partial charge on any atom is 0.239 e. The average Bonchev–Trinajstić information content (AvgIpc) is 2.83. The second kappa shape index (κ2) is 10.4. The summed E-state index contributed by atoms with van der Waals surface area (Å²) in [6.45, 7) is 2.14. The van der Waals surface area contributed by atoms with E-state index in [4.69, 9.17) is 27.8 Å². The lowest BCUT2D eigenvalue weighted by molar-refractivity contribution is -0.126. The highest BCUT2D eigenvalue weighted by atomic mass is 35.5. The molecule has 0 radical (unpaired) electrons. The van der Waals surface area contributed by atoms with Crippen molar-refractivity contribution in [1.29, 1.82) is 0 Å². The smallest absolute Gasteiger partial charge is 0.239 e. The molecule has 0 saturated carbocycles. The molecule has 2 aliphatic heterocycles. The summed E-state index contributed by atoms with van der Waals surface area (Å²) in [5.41, 5.74) is 14.2. The van der Waals surface area contributed by atoms with Crippen LogP contribution in [0.25, 0.3) is 6.08 Å². The van der Waals surface area contributed by atoms with Gasteiger partial charge in [0, 0.05) is 24.3 Å². The number of rotatable bonds is 8. The first-order valence-corrected chi connectivity index (χ1v) is 11.3. The van der Waals surface area contributed by atoms with Crippen LogP contribution in [0.2, 0.25) is 5.02 Å². The van der Waals surface area contributed by atoms with Gasteiger partial charge in [0.15, 0.2) is 0 Å². The fraction of sp³-hybridized carbons (Fsp3) is 0.292. The molecule has 4 rings (SSSR count). The van der Waals surface area contributed by atoms with Crippen molar-refractivity contribution in [2.75, 3.05) is 37.4 Å². The van der Waals surface area contributed by atoms with Gasteiger partial charge in [0.1, 0.15) is 6.04 Å². The maximum absolute atomic E-state index is 13.0. The first-order chi connectivity index (χ1) is 16.4. The highest BCUT2D eigenvalue weighted by Gasteiger charge is 2.37. The molecule has 10 heteroatoms. The van der Waals surface area contributed by atoms with Crippen molar-refractivity contribution >= 4 is 47.1 Å². The number of nitrogen functional groups attached to an aromatic ring is 1. The van der Waals surface area contributed by atoms with E-state index in [1.807, 2.05) is 12.1 Å². The van der Waals surface area contributed by atoms with Crippen molar-refractivity contribution in [2.24, 2.45) is 10.7 Å². The first-order valence-electron chi connectivity index (χ1n) is 11.0. The fourth-order valence-corrected chi connectivity index (χ4v) is 3.92. The number of benzene rings is 2. The SMILES string of the molecule is Nc1cc(C=CC(=O)C2(N)N=CNc3cc(CCOC[C@@H]4NCCNC4=O)ccc32)ccc1Cl. The van der Waals surface area contributed by atoms with Crippen molar-refractivity contribution in [2.45, 2.75) is 18.1 Å². The second-order valence-corrected chi connectivity index (χ2v) is 8.56. The molecule has 2 atom stereocenters. The summed E-state index contributed by atoms with van der Waals surface area (Å²) in [5.74, 6) is -0.407. The van der Waals surface area contributed by atoms with Crippen molar-refractivity contribution in [3.8, 4) is 0 Å². The number of nitrogens with two attached hydrogens (primary N) is 2. The zero-order chi connectivity index (χ0) is 24.1. The summed E-state index contributed by atoms with van der Waals surface area (Å²) in [6, 6.07) is 10.4. The number of hydrogen-bond donors (Lipinski definition) is 5. The largest absolute Gasteiger partial charge is 0.398 e. The summed E-state index contributed by atoms with van der Waals surface area (Å²) in [4.78, 5) is 29.0. The molecule has 34 heavy (non-hydrogen) atoms. The standard InChI is InChI=1S/C24H27ClN6O3/c25-18-5-2-15(11-19(18)26)3-6-22(32)24(27)17-4-1-16(12-20(17)30-14-31-24)7-10-34-13-21-23(33)29-9-8-28-21/h1-6,11-12,14,21,28H,7-10,13,26-27H2,(H,29,33)(H,30,31)/t21-,24?/m0/s1. The molecule has 2 aromatic carbocycles. The summed E-state index contributed by atoms with van der Waals surface area (Å²) in [7, 11) is 0. The van der Waals surface area contributed by atoms with E-state index in [0.717, 1.165) is 17.7 Å². The van der Waals surface area contributed by atoms with Crippen LogP contribution in [0.15, 0.2) is 47.5 Å². The average molecular weight is 483 g/mol. The predicted octanol–water partition coefficient (Wildman–Crippen LogP) is 1.42. The molecule has 7 N–H and O–H groups in total. The van der Waals surface area contributed by atoms with Gasteiger partial charge >= 0.3 is 0 Å². The van der Waals surface area contributed by atoms with Gasteiger partial charge in [0.2, 0.25) is 17.4 Å². The van der Waals surface area contributed by atoms with Gasteiger partial charge in [-0.1, -0.05) is 35.9 Å². The van der Waals surface area contributed by atoms with E-state index in [-0.39, 0.29) is 17.7 Å². The second-order valence-electron chi connectivity index (χ2n) is 8.15. The number of ether oxygens (including phenoxy) is 1. The lowest BCUT2D eigenvalue weighted by atomic mass is 9.91. The van der Waals surface area contributed by atoms with Crippen LogP contribution < -0.4 is 27.4 Å². The van der Waals surface area contributed by atoms with E-state index in [2.05, 4.69) is 20.9 Å².